The van der Waals surface area contributed by atoms with E-state index in [1.807, 2.05) is 31.2 Å². The molecule has 5 heteroatoms. The maximum Gasteiger partial charge on any atom is 0.132 e. The van der Waals surface area contributed by atoms with E-state index in [1.54, 1.807) is 6.20 Å². The number of nitrogens with one attached hydrogen (secondary N) is 2. The van der Waals surface area contributed by atoms with Crippen molar-refractivity contribution in [1.82, 2.24) is 15.0 Å². The van der Waals surface area contributed by atoms with Gasteiger partial charge in [0.25, 0.3) is 0 Å². The molecule has 1 fully saturated rings. The number of hydrogen-bond acceptors (Lipinski definition) is 5. The Bertz CT molecular complexity index is 593. The molecule has 5 nitrogen and oxygen atoms in total. The SMILES string of the molecule is Cc1nc(NCc2ccccn2)cc(NC2CCCCC2)n1. The molecule has 2 aromatic heterocycles. The van der Waals surface area contributed by atoms with E-state index in [-0.39, 0.29) is 0 Å². The van der Waals surface area contributed by atoms with Gasteiger partial charge in [-0.2, -0.15) is 0 Å². The van der Waals surface area contributed by atoms with Crippen LogP contribution >= 0.6 is 0 Å². The molecule has 1 aliphatic carbocycles. The molecule has 0 spiro atoms. The van der Waals surface area contributed by atoms with Crippen molar-refractivity contribution < 1.29 is 0 Å². The number of anilines is 2. The summed E-state index contributed by atoms with van der Waals surface area (Å²) >= 11 is 0. The van der Waals surface area contributed by atoms with Crippen molar-refractivity contribution in [2.45, 2.75) is 51.6 Å². The molecule has 2 heterocycles. The van der Waals surface area contributed by atoms with Gasteiger partial charge in [-0.25, -0.2) is 9.97 Å². The van der Waals surface area contributed by atoms with Gasteiger partial charge < -0.3 is 10.6 Å². The van der Waals surface area contributed by atoms with Crippen LogP contribution in [0.3, 0.4) is 0 Å². The molecule has 0 unspecified atom stereocenters. The van der Waals surface area contributed by atoms with Crippen LogP contribution in [0.4, 0.5) is 11.6 Å². The molecule has 0 atom stereocenters. The summed E-state index contributed by atoms with van der Waals surface area (Å²) in [5, 5.41) is 6.88. The minimum Gasteiger partial charge on any atom is -0.367 e. The molecule has 0 bridgehead atoms. The molecule has 0 radical (unpaired) electrons. The Balaban J connectivity index is 1.64. The highest BCUT2D eigenvalue weighted by atomic mass is 15.1. The van der Waals surface area contributed by atoms with Gasteiger partial charge in [0.15, 0.2) is 0 Å². The summed E-state index contributed by atoms with van der Waals surface area (Å²) in [4.78, 5) is 13.3. The first kappa shape index (κ1) is 14.8. The highest BCUT2D eigenvalue weighted by Crippen LogP contribution is 2.22. The van der Waals surface area contributed by atoms with Gasteiger partial charge in [0, 0.05) is 18.3 Å². The van der Waals surface area contributed by atoms with Crippen LogP contribution in [0, 0.1) is 6.92 Å². The summed E-state index contributed by atoms with van der Waals surface area (Å²) in [5.74, 6) is 2.55. The molecule has 2 aromatic rings. The molecule has 2 N–H and O–H groups in total. The van der Waals surface area contributed by atoms with E-state index in [0.29, 0.717) is 12.6 Å². The lowest BCUT2D eigenvalue weighted by Crippen LogP contribution is -2.23. The molecule has 0 aromatic carbocycles. The zero-order chi connectivity index (χ0) is 15.2. The van der Waals surface area contributed by atoms with E-state index in [2.05, 4.69) is 25.6 Å². The summed E-state index contributed by atoms with van der Waals surface area (Å²) in [6.07, 6.45) is 8.26. The molecule has 0 amide bonds. The first-order valence-electron chi connectivity index (χ1n) is 8.05. The van der Waals surface area contributed by atoms with Crippen LogP contribution < -0.4 is 10.6 Å². The Labute approximate surface area is 131 Å². The largest absolute Gasteiger partial charge is 0.367 e. The summed E-state index contributed by atoms with van der Waals surface area (Å²) in [5.41, 5.74) is 1.00. The predicted molar refractivity (Wildman–Crippen MR) is 88.8 cm³/mol. The van der Waals surface area contributed by atoms with Gasteiger partial charge in [-0.05, 0) is 31.9 Å². The van der Waals surface area contributed by atoms with Crippen LogP contribution in [0.5, 0.6) is 0 Å². The Hall–Kier alpha value is -2.17. The third kappa shape index (κ3) is 4.16. The number of nitrogens with zero attached hydrogens (tertiary/aromatic N) is 3. The summed E-state index contributed by atoms with van der Waals surface area (Å²) in [7, 11) is 0. The Morgan fingerprint density at radius 2 is 1.91 bits per heavy atom. The maximum absolute atomic E-state index is 4.51. The van der Waals surface area contributed by atoms with Crippen LogP contribution in [0.25, 0.3) is 0 Å². The van der Waals surface area contributed by atoms with E-state index in [4.69, 9.17) is 0 Å². The maximum atomic E-state index is 4.51. The van der Waals surface area contributed by atoms with Crippen LogP contribution in [-0.2, 0) is 6.54 Å². The molecule has 22 heavy (non-hydrogen) atoms. The average molecular weight is 297 g/mol. The fourth-order valence-corrected chi connectivity index (χ4v) is 2.87. The van der Waals surface area contributed by atoms with Crippen molar-refractivity contribution >= 4 is 11.6 Å². The lowest BCUT2D eigenvalue weighted by Gasteiger charge is -2.23. The zero-order valence-electron chi connectivity index (χ0n) is 13.0. The molecule has 116 valence electrons. The number of aromatic nitrogens is 3. The van der Waals surface area contributed by atoms with Crippen molar-refractivity contribution in [3.8, 4) is 0 Å². The van der Waals surface area contributed by atoms with Gasteiger partial charge in [0.1, 0.15) is 17.5 Å². The van der Waals surface area contributed by atoms with E-state index in [1.165, 1.54) is 32.1 Å². The van der Waals surface area contributed by atoms with Crippen LogP contribution in [0.15, 0.2) is 30.5 Å². The van der Waals surface area contributed by atoms with Gasteiger partial charge in [0.05, 0.1) is 12.2 Å². The Morgan fingerprint density at radius 3 is 2.68 bits per heavy atom. The lowest BCUT2D eigenvalue weighted by atomic mass is 9.95. The zero-order valence-corrected chi connectivity index (χ0v) is 13.0. The first-order chi connectivity index (χ1) is 10.8. The third-order valence-corrected chi connectivity index (χ3v) is 3.97. The fraction of sp³-hybridized carbons (Fsp3) is 0.471. The average Bonchev–Trinajstić information content (AvgIpc) is 2.54. The second kappa shape index (κ2) is 7.20. The highest BCUT2D eigenvalue weighted by Gasteiger charge is 2.14. The van der Waals surface area contributed by atoms with E-state index >= 15 is 0 Å². The molecule has 0 aliphatic heterocycles. The topological polar surface area (TPSA) is 62.7 Å². The van der Waals surface area contributed by atoms with Crippen molar-refractivity contribution in [1.29, 1.82) is 0 Å². The van der Waals surface area contributed by atoms with E-state index in [0.717, 1.165) is 23.2 Å². The molecular weight excluding hydrogens is 274 g/mol. The van der Waals surface area contributed by atoms with Gasteiger partial charge in [0.2, 0.25) is 0 Å². The minimum atomic E-state index is 0.548. The normalized spacial score (nSPS) is 15.5. The molecule has 1 saturated carbocycles. The summed E-state index contributed by atoms with van der Waals surface area (Å²) in [6, 6.07) is 8.45. The molecule has 0 saturated heterocycles. The van der Waals surface area contributed by atoms with Crippen molar-refractivity contribution in [2.75, 3.05) is 10.6 Å². The second-order valence-electron chi connectivity index (χ2n) is 5.84. The van der Waals surface area contributed by atoms with E-state index in [9.17, 15) is 0 Å². The van der Waals surface area contributed by atoms with Gasteiger partial charge in [-0.15, -0.1) is 0 Å². The Morgan fingerprint density at radius 1 is 1.09 bits per heavy atom. The fourth-order valence-electron chi connectivity index (χ4n) is 2.87. The van der Waals surface area contributed by atoms with Crippen LogP contribution in [-0.4, -0.2) is 21.0 Å². The first-order valence-corrected chi connectivity index (χ1v) is 8.05. The quantitative estimate of drug-likeness (QED) is 0.884. The smallest absolute Gasteiger partial charge is 0.132 e. The van der Waals surface area contributed by atoms with Crippen LogP contribution in [0.1, 0.15) is 43.6 Å². The van der Waals surface area contributed by atoms with Gasteiger partial charge in [-0.1, -0.05) is 25.3 Å². The minimum absolute atomic E-state index is 0.548. The number of aryl methyl sites for hydroxylation is 1. The van der Waals surface area contributed by atoms with Gasteiger partial charge >= 0.3 is 0 Å². The number of hydrogen-bond donors (Lipinski definition) is 2. The standard InChI is InChI=1S/C17H23N5/c1-13-20-16(19-12-15-9-5-6-10-18-15)11-17(21-13)22-14-7-3-2-4-8-14/h5-6,9-11,14H,2-4,7-8,12H2,1H3,(H2,19,20,21,22). The van der Waals surface area contributed by atoms with Crippen molar-refractivity contribution in [2.24, 2.45) is 0 Å². The van der Waals surface area contributed by atoms with Crippen molar-refractivity contribution in [3.05, 3.63) is 42.0 Å². The lowest BCUT2D eigenvalue weighted by molar-refractivity contribution is 0.462. The van der Waals surface area contributed by atoms with Gasteiger partial charge in [-0.3, -0.25) is 4.98 Å². The molecule has 1 aliphatic rings. The third-order valence-electron chi connectivity index (χ3n) is 3.97. The number of pyridine rings is 1. The Kier molecular flexibility index (Phi) is 4.83. The van der Waals surface area contributed by atoms with Crippen molar-refractivity contribution in [3.63, 3.8) is 0 Å². The summed E-state index contributed by atoms with van der Waals surface area (Å²) in [6.45, 7) is 2.60. The monoisotopic (exact) mass is 297 g/mol. The second-order valence-corrected chi connectivity index (χ2v) is 5.84. The predicted octanol–water partition coefficient (Wildman–Crippen LogP) is 3.54. The molecular formula is C17H23N5. The van der Waals surface area contributed by atoms with Crippen LogP contribution in [0.2, 0.25) is 0 Å². The number of rotatable bonds is 5. The summed E-state index contributed by atoms with van der Waals surface area (Å²) < 4.78 is 0. The van der Waals surface area contributed by atoms with E-state index < -0.39 is 0 Å². The highest BCUT2D eigenvalue weighted by molar-refractivity contribution is 5.48. The molecule has 3 rings (SSSR count).